The second kappa shape index (κ2) is 7.87. The Bertz CT molecular complexity index is 939. The fourth-order valence-corrected chi connectivity index (χ4v) is 4.86. The number of nitrogens with zero attached hydrogens (tertiary/aromatic N) is 2. The third kappa shape index (κ3) is 3.78. The second-order valence-electron chi connectivity index (χ2n) is 6.66. The number of aryl methyl sites for hydroxylation is 1. The van der Waals surface area contributed by atoms with E-state index in [1.165, 1.54) is 27.1 Å². The number of aromatic nitrogens is 1. The summed E-state index contributed by atoms with van der Waals surface area (Å²) in [5, 5.41) is 1.46. The summed E-state index contributed by atoms with van der Waals surface area (Å²) < 4.78 is 4.40. The van der Waals surface area contributed by atoms with Crippen molar-refractivity contribution in [3.8, 4) is 10.4 Å². The largest absolute Gasteiger partial charge is 0.301 e. The van der Waals surface area contributed by atoms with Gasteiger partial charge in [-0.15, -0.1) is 12.4 Å². The number of rotatable bonds is 2. The van der Waals surface area contributed by atoms with E-state index in [0.29, 0.717) is 5.02 Å². The molecule has 26 heavy (non-hydrogen) atoms. The molecule has 1 aliphatic heterocycles. The fourth-order valence-electron chi connectivity index (χ4n) is 3.54. The standard InChI is InChI=1S/C20H18Cl2N2S.ClH/c1-12-6-20(25-23-12)14-5-3-4-13(7-14)17-10-24(2)11-18-16(17)8-15(21)9-19(18)22;/h3-9,17H,10-11H2,1-2H3;1H/t17-;/m0./s1. The molecule has 1 aliphatic rings. The van der Waals surface area contributed by atoms with E-state index in [9.17, 15) is 0 Å². The summed E-state index contributed by atoms with van der Waals surface area (Å²) >= 11 is 14.3. The van der Waals surface area contributed by atoms with E-state index < -0.39 is 0 Å². The fraction of sp³-hybridized carbons (Fsp3) is 0.250. The Morgan fingerprint density at radius 2 is 1.96 bits per heavy atom. The molecule has 0 aliphatic carbocycles. The normalized spacial score (nSPS) is 16.8. The quantitative estimate of drug-likeness (QED) is 0.470. The average Bonchev–Trinajstić information content (AvgIpc) is 3.02. The van der Waals surface area contributed by atoms with Crippen LogP contribution in [0.4, 0.5) is 0 Å². The van der Waals surface area contributed by atoms with E-state index in [4.69, 9.17) is 23.2 Å². The molecule has 0 saturated heterocycles. The maximum Gasteiger partial charge on any atom is 0.0552 e. The lowest BCUT2D eigenvalue weighted by molar-refractivity contribution is 0.295. The molecule has 6 heteroatoms. The Labute approximate surface area is 174 Å². The first-order valence-corrected chi connectivity index (χ1v) is 9.74. The summed E-state index contributed by atoms with van der Waals surface area (Å²) in [6, 6.07) is 14.8. The minimum Gasteiger partial charge on any atom is -0.301 e. The lowest BCUT2D eigenvalue weighted by atomic mass is 9.84. The third-order valence-electron chi connectivity index (χ3n) is 4.69. The molecule has 136 valence electrons. The zero-order valence-electron chi connectivity index (χ0n) is 14.5. The molecule has 0 N–H and O–H groups in total. The first-order valence-electron chi connectivity index (χ1n) is 8.21. The average molecular weight is 426 g/mol. The van der Waals surface area contributed by atoms with E-state index in [0.717, 1.165) is 23.8 Å². The highest BCUT2D eigenvalue weighted by molar-refractivity contribution is 7.09. The molecule has 0 spiro atoms. The zero-order valence-corrected chi connectivity index (χ0v) is 17.6. The molecule has 0 radical (unpaired) electrons. The van der Waals surface area contributed by atoms with Crippen molar-refractivity contribution in [2.75, 3.05) is 13.6 Å². The van der Waals surface area contributed by atoms with Gasteiger partial charge in [0.25, 0.3) is 0 Å². The minimum atomic E-state index is 0. The van der Waals surface area contributed by atoms with Crippen molar-refractivity contribution in [3.05, 3.63) is 74.9 Å². The molecular weight excluding hydrogens is 407 g/mol. The first kappa shape index (κ1) is 19.7. The highest BCUT2D eigenvalue weighted by Crippen LogP contribution is 2.39. The van der Waals surface area contributed by atoms with Gasteiger partial charge in [0.15, 0.2) is 0 Å². The highest BCUT2D eigenvalue weighted by atomic mass is 35.5. The van der Waals surface area contributed by atoms with Crippen molar-refractivity contribution in [2.45, 2.75) is 19.4 Å². The van der Waals surface area contributed by atoms with Crippen molar-refractivity contribution < 1.29 is 0 Å². The predicted octanol–water partition coefficient (Wildman–Crippen LogP) is 6.42. The van der Waals surface area contributed by atoms with E-state index in [1.807, 2.05) is 13.0 Å². The number of halogens is 3. The summed E-state index contributed by atoms with van der Waals surface area (Å²) in [4.78, 5) is 3.52. The van der Waals surface area contributed by atoms with Gasteiger partial charge in [0.1, 0.15) is 0 Å². The van der Waals surface area contributed by atoms with Crippen LogP contribution in [0.2, 0.25) is 10.0 Å². The summed E-state index contributed by atoms with van der Waals surface area (Å²) in [6.45, 7) is 3.84. The second-order valence-corrected chi connectivity index (χ2v) is 8.31. The van der Waals surface area contributed by atoms with Crippen LogP contribution in [0.15, 0.2) is 42.5 Å². The maximum absolute atomic E-state index is 6.48. The molecular formula is C20H19Cl3N2S. The minimum absolute atomic E-state index is 0. The Balaban J connectivity index is 0.00000196. The molecule has 0 unspecified atom stereocenters. The number of hydrogen-bond acceptors (Lipinski definition) is 3. The molecule has 0 fully saturated rings. The lowest BCUT2D eigenvalue weighted by Crippen LogP contribution is -2.31. The summed E-state index contributed by atoms with van der Waals surface area (Å²) in [6.07, 6.45) is 0. The molecule has 2 aromatic carbocycles. The van der Waals surface area contributed by atoms with Gasteiger partial charge in [-0.05, 0) is 72.0 Å². The molecule has 1 aromatic heterocycles. The Morgan fingerprint density at radius 1 is 1.15 bits per heavy atom. The monoisotopic (exact) mass is 424 g/mol. The van der Waals surface area contributed by atoms with Gasteiger partial charge in [0.05, 0.1) is 10.6 Å². The van der Waals surface area contributed by atoms with Crippen LogP contribution in [0.25, 0.3) is 10.4 Å². The molecule has 1 atom stereocenters. The van der Waals surface area contributed by atoms with Gasteiger partial charge in [0.2, 0.25) is 0 Å². The lowest BCUT2D eigenvalue weighted by Gasteiger charge is -2.33. The summed E-state index contributed by atoms with van der Waals surface area (Å²) in [7, 11) is 2.14. The Hall–Kier alpha value is -1.10. The van der Waals surface area contributed by atoms with Gasteiger partial charge in [-0.2, -0.15) is 4.37 Å². The van der Waals surface area contributed by atoms with Crippen LogP contribution in [0.5, 0.6) is 0 Å². The zero-order chi connectivity index (χ0) is 17.6. The predicted molar refractivity (Wildman–Crippen MR) is 114 cm³/mol. The van der Waals surface area contributed by atoms with Gasteiger partial charge >= 0.3 is 0 Å². The van der Waals surface area contributed by atoms with Gasteiger partial charge in [-0.25, -0.2) is 0 Å². The topological polar surface area (TPSA) is 16.1 Å². The van der Waals surface area contributed by atoms with Crippen molar-refractivity contribution in [3.63, 3.8) is 0 Å². The van der Waals surface area contributed by atoms with Crippen molar-refractivity contribution >= 4 is 47.1 Å². The van der Waals surface area contributed by atoms with Crippen LogP contribution in [0.3, 0.4) is 0 Å². The van der Waals surface area contributed by atoms with Crippen molar-refractivity contribution in [1.29, 1.82) is 0 Å². The Morgan fingerprint density at radius 3 is 2.69 bits per heavy atom. The number of benzene rings is 2. The summed E-state index contributed by atoms with van der Waals surface area (Å²) in [5.74, 6) is 0.263. The molecule has 2 nitrogen and oxygen atoms in total. The number of hydrogen-bond donors (Lipinski definition) is 0. The van der Waals surface area contributed by atoms with Crippen LogP contribution in [0.1, 0.15) is 28.3 Å². The van der Waals surface area contributed by atoms with Crippen molar-refractivity contribution in [1.82, 2.24) is 9.27 Å². The molecule has 0 amide bonds. The van der Waals surface area contributed by atoms with E-state index in [-0.39, 0.29) is 18.3 Å². The molecule has 4 rings (SSSR count). The molecule has 3 aromatic rings. The molecule has 2 heterocycles. The Kier molecular flexibility index (Phi) is 5.95. The van der Waals surface area contributed by atoms with Crippen LogP contribution in [-0.4, -0.2) is 22.9 Å². The van der Waals surface area contributed by atoms with Gasteiger partial charge in [-0.1, -0.05) is 41.4 Å². The molecule has 0 saturated carbocycles. The van der Waals surface area contributed by atoms with Gasteiger partial charge in [0, 0.05) is 29.1 Å². The molecule has 0 bridgehead atoms. The SMILES string of the molecule is Cc1cc(-c2cccc([C@@H]3CN(C)Cc4c(Cl)cc(Cl)cc43)c2)sn1.Cl. The highest BCUT2D eigenvalue weighted by Gasteiger charge is 2.27. The van der Waals surface area contributed by atoms with E-state index in [2.05, 4.69) is 52.7 Å². The van der Waals surface area contributed by atoms with Gasteiger partial charge < -0.3 is 4.90 Å². The van der Waals surface area contributed by atoms with Crippen LogP contribution in [0, 0.1) is 6.92 Å². The number of likely N-dealkylation sites (N-methyl/N-ethyl adjacent to an activating group) is 1. The van der Waals surface area contributed by atoms with E-state index >= 15 is 0 Å². The third-order valence-corrected chi connectivity index (χ3v) is 6.18. The van der Waals surface area contributed by atoms with Crippen LogP contribution in [-0.2, 0) is 6.54 Å². The smallest absolute Gasteiger partial charge is 0.0552 e. The first-order chi connectivity index (χ1) is 12.0. The number of fused-ring (bicyclic) bond motifs is 1. The van der Waals surface area contributed by atoms with E-state index in [1.54, 1.807) is 11.5 Å². The van der Waals surface area contributed by atoms with Gasteiger partial charge in [-0.3, -0.25) is 0 Å². The van der Waals surface area contributed by atoms with Crippen LogP contribution >= 0.6 is 47.1 Å². The summed E-state index contributed by atoms with van der Waals surface area (Å²) in [5.41, 5.74) is 5.99. The maximum atomic E-state index is 6.48. The van der Waals surface area contributed by atoms with Crippen molar-refractivity contribution in [2.24, 2.45) is 0 Å². The van der Waals surface area contributed by atoms with Crippen LogP contribution < -0.4 is 0 Å².